The lowest BCUT2D eigenvalue weighted by atomic mass is 9.76. The first kappa shape index (κ1) is 37.1. The highest BCUT2D eigenvalue weighted by Gasteiger charge is 2.60. The molecular formula is C47H44N4O7. The molecule has 11 heteroatoms. The maximum atomic E-state index is 11.8. The number of benzene rings is 5. The Kier molecular flexibility index (Phi) is 8.35. The number of nitrogens with zero attached hydrogens (tertiary/aromatic N) is 4. The zero-order chi connectivity index (χ0) is 40.8. The molecule has 2 spiro atoms. The first-order valence-corrected chi connectivity index (χ1v) is 19.6. The number of rotatable bonds is 8. The summed E-state index contributed by atoms with van der Waals surface area (Å²) in [6.07, 6.45) is 8.50. The van der Waals surface area contributed by atoms with Gasteiger partial charge >= 0.3 is 0 Å². The van der Waals surface area contributed by atoms with Gasteiger partial charge in [0.1, 0.15) is 11.5 Å². The Morgan fingerprint density at radius 3 is 1.45 bits per heavy atom. The Labute approximate surface area is 336 Å². The van der Waals surface area contributed by atoms with E-state index in [0.717, 1.165) is 39.2 Å². The second kappa shape index (κ2) is 13.0. The highest BCUT2D eigenvalue weighted by Crippen LogP contribution is 2.58. The molecule has 0 bridgehead atoms. The summed E-state index contributed by atoms with van der Waals surface area (Å²) in [5.41, 5.74) is 5.89. The van der Waals surface area contributed by atoms with Crippen LogP contribution in [0.4, 0.5) is 22.7 Å². The molecule has 0 saturated heterocycles. The maximum Gasteiger partial charge on any atom is 0.270 e. The summed E-state index contributed by atoms with van der Waals surface area (Å²) < 4.78 is 14.2. The summed E-state index contributed by atoms with van der Waals surface area (Å²) in [4.78, 5) is 27.2. The lowest BCUT2D eigenvalue weighted by Crippen LogP contribution is -2.59. The second-order valence-electron chi connectivity index (χ2n) is 16.6. The summed E-state index contributed by atoms with van der Waals surface area (Å²) in [7, 11) is 0. The molecule has 11 nitrogen and oxygen atoms in total. The number of ether oxygens (including phenoxy) is 2. The molecule has 58 heavy (non-hydrogen) atoms. The first-order valence-electron chi connectivity index (χ1n) is 19.6. The quantitative estimate of drug-likeness (QED) is 0.121. The van der Waals surface area contributed by atoms with Gasteiger partial charge in [-0.15, -0.1) is 0 Å². The van der Waals surface area contributed by atoms with Crippen molar-refractivity contribution in [3.05, 3.63) is 174 Å². The molecule has 0 amide bonds. The Morgan fingerprint density at radius 2 is 1.03 bits per heavy atom. The van der Waals surface area contributed by atoms with Crippen LogP contribution in [0.2, 0.25) is 0 Å². The SMILES string of the molecule is CCc1cc([N+](=O)[O-])cc2c1OC1(C=C2)N(Cc2ccc(CN3c4ccccc4C(C)(C)C34C=Cc3cc([N+](=O)[O-])cc(CO)c3O4)cc2)c2ccccc2C1(C)C. The predicted molar refractivity (Wildman–Crippen MR) is 224 cm³/mol. The molecule has 4 aliphatic rings. The van der Waals surface area contributed by atoms with E-state index in [1.165, 1.54) is 12.1 Å². The fraction of sp³-hybridized carbons (Fsp3) is 0.277. The van der Waals surface area contributed by atoms with Crippen molar-refractivity contribution in [1.29, 1.82) is 0 Å². The van der Waals surface area contributed by atoms with Gasteiger partial charge in [-0.25, -0.2) is 0 Å². The number of nitro benzene ring substituents is 2. The number of aliphatic hydroxyl groups is 1. The van der Waals surface area contributed by atoms with Crippen molar-refractivity contribution in [1.82, 2.24) is 0 Å². The zero-order valence-corrected chi connectivity index (χ0v) is 33.1. The van der Waals surface area contributed by atoms with Gasteiger partial charge in [0.2, 0.25) is 11.4 Å². The van der Waals surface area contributed by atoms with E-state index < -0.39 is 33.8 Å². The minimum absolute atomic E-state index is 0.0506. The summed E-state index contributed by atoms with van der Waals surface area (Å²) >= 11 is 0. The van der Waals surface area contributed by atoms with Gasteiger partial charge in [0.25, 0.3) is 11.4 Å². The van der Waals surface area contributed by atoms with Crippen molar-refractivity contribution in [2.45, 2.75) is 83.0 Å². The third-order valence-electron chi connectivity index (χ3n) is 12.9. The summed E-state index contributed by atoms with van der Waals surface area (Å²) in [6.45, 7) is 11.3. The van der Waals surface area contributed by atoms with E-state index in [2.05, 4.69) is 98.2 Å². The van der Waals surface area contributed by atoms with Crippen molar-refractivity contribution in [2.75, 3.05) is 9.80 Å². The highest BCUT2D eigenvalue weighted by atomic mass is 16.6. The predicted octanol–water partition coefficient (Wildman–Crippen LogP) is 9.76. The van der Waals surface area contributed by atoms with Gasteiger partial charge in [0.15, 0.2) is 0 Å². The number of non-ortho nitro benzene ring substituents is 2. The van der Waals surface area contributed by atoms with E-state index in [4.69, 9.17) is 9.47 Å². The van der Waals surface area contributed by atoms with Gasteiger partial charge < -0.3 is 24.4 Å². The summed E-state index contributed by atoms with van der Waals surface area (Å²) in [5, 5.41) is 33.8. The third kappa shape index (κ3) is 5.22. The number of nitro groups is 2. The molecule has 1 N–H and O–H groups in total. The molecule has 2 unspecified atom stereocenters. The highest BCUT2D eigenvalue weighted by molar-refractivity contribution is 5.76. The second-order valence-corrected chi connectivity index (χ2v) is 16.6. The van der Waals surface area contributed by atoms with Crippen LogP contribution in [0.5, 0.6) is 11.5 Å². The van der Waals surface area contributed by atoms with Crippen LogP contribution in [0.3, 0.4) is 0 Å². The first-order chi connectivity index (χ1) is 27.7. The molecule has 5 aromatic carbocycles. The molecule has 0 aliphatic carbocycles. The van der Waals surface area contributed by atoms with Gasteiger partial charge in [-0.3, -0.25) is 20.2 Å². The van der Waals surface area contributed by atoms with Crippen LogP contribution in [0, 0.1) is 20.2 Å². The lowest BCUT2D eigenvalue weighted by molar-refractivity contribution is -0.385. The molecule has 5 aromatic rings. The Balaban J connectivity index is 1.06. The average Bonchev–Trinajstić information content (AvgIpc) is 3.51. The largest absolute Gasteiger partial charge is 0.462 e. The van der Waals surface area contributed by atoms with E-state index in [0.29, 0.717) is 47.7 Å². The smallest absolute Gasteiger partial charge is 0.270 e. The van der Waals surface area contributed by atoms with Crippen LogP contribution < -0.4 is 19.3 Å². The van der Waals surface area contributed by atoms with E-state index in [-0.39, 0.29) is 16.3 Å². The molecular weight excluding hydrogens is 733 g/mol. The van der Waals surface area contributed by atoms with Crippen molar-refractivity contribution in [3.8, 4) is 11.5 Å². The number of aliphatic hydroxyl groups excluding tert-OH is 1. The minimum Gasteiger partial charge on any atom is -0.462 e. The number of para-hydroxylation sites is 2. The van der Waals surface area contributed by atoms with Gasteiger partial charge in [-0.2, -0.15) is 0 Å². The molecule has 0 saturated carbocycles. The molecule has 2 atom stereocenters. The van der Waals surface area contributed by atoms with Crippen LogP contribution >= 0.6 is 0 Å². The normalized spacial score (nSPS) is 21.3. The van der Waals surface area contributed by atoms with Crippen molar-refractivity contribution >= 4 is 34.9 Å². The number of fused-ring (bicyclic) bond motifs is 4. The van der Waals surface area contributed by atoms with Crippen molar-refractivity contribution in [2.24, 2.45) is 0 Å². The molecule has 0 aromatic heterocycles. The van der Waals surface area contributed by atoms with Crippen molar-refractivity contribution in [3.63, 3.8) is 0 Å². The molecule has 0 radical (unpaired) electrons. The standard InChI is InChI=1S/C47H44N4O7/c1-6-32-23-36(50(53)54)24-33-19-21-46(57-42(32)33)44(2,3)38-11-7-9-13-40(38)48(46)27-30-15-17-31(18-16-30)28-49-41-14-10-8-12-39(41)45(4,5)47(49)22-20-34-25-37(51(55)56)26-35(29-52)43(34)58-47/h7-26,52H,6,27-29H2,1-5H3. The Morgan fingerprint density at radius 1 is 0.621 bits per heavy atom. The Hall–Kier alpha value is -6.46. The summed E-state index contributed by atoms with van der Waals surface area (Å²) in [6, 6.07) is 31.3. The number of hydrogen-bond donors (Lipinski definition) is 1. The van der Waals surface area contributed by atoms with Crippen molar-refractivity contribution < 1.29 is 24.4 Å². The van der Waals surface area contributed by atoms with Gasteiger partial charge in [-0.1, -0.05) is 67.6 Å². The fourth-order valence-electron chi connectivity index (χ4n) is 9.64. The lowest BCUT2D eigenvalue weighted by Gasteiger charge is -2.47. The van der Waals surface area contributed by atoms with Crippen LogP contribution in [0.25, 0.3) is 12.2 Å². The van der Waals surface area contributed by atoms with Crippen LogP contribution in [0.1, 0.15) is 79.1 Å². The monoisotopic (exact) mass is 776 g/mol. The fourth-order valence-corrected chi connectivity index (χ4v) is 9.64. The molecule has 294 valence electrons. The zero-order valence-electron chi connectivity index (χ0n) is 33.1. The molecule has 4 aliphatic heterocycles. The van der Waals surface area contributed by atoms with Gasteiger partial charge in [0, 0.05) is 71.0 Å². The number of aryl methyl sites for hydroxylation is 1. The maximum absolute atomic E-state index is 11.8. The average molecular weight is 777 g/mol. The van der Waals surface area contributed by atoms with Crippen LogP contribution in [0.15, 0.2) is 109 Å². The number of hydrogen-bond acceptors (Lipinski definition) is 9. The molecule has 4 heterocycles. The van der Waals surface area contributed by atoms with Crippen LogP contribution in [-0.2, 0) is 36.9 Å². The minimum atomic E-state index is -1.00. The number of anilines is 2. The van der Waals surface area contributed by atoms with Gasteiger partial charge in [0.05, 0.1) is 27.3 Å². The van der Waals surface area contributed by atoms with E-state index >= 15 is 0 Å². The van der Waals surface area contributed by atoms with Gasteiger partial charge in [-0.05, 0) is 92.8 Å². The topological polar surface area (TPSA) is 131 Å². The van der Waals surface area contributed by atoms with E-state index in [1.54, 1.807) is 12.1 Å². The molecule has 0 fully saturated rings. The Bertz CT molecular complexity index is 2420. The van der Waals surface area contributed by atoms with E-state index in [1.807, 2.05) is 43.4 Å². The van der Waals surface area contributed by atoms with E-state index in [9.17, 15) is 25.3 Å². The third-order valence-corrected chi connectivity index (χ3v) is 12.9. The van der Waals surface area contributed by atoms with Crippen LogP contribution in [-0.4, -0.2) is 26.4 Å². The molecule has 9 rings (SSSR count). The summed E-state index contributed by atoms with van der Waals surface area (Å²) in [5.74, 6) is 1.11.